The van der Waals surface area contributed by atoms with Gasteiger partial charge in [0.15, 0.2) is 0 Å². The third-order valence-corrected chi connectivity index (χ3v) is 2.91. The van der Waals surface area contributed by atoms with E-state index >= 15 is 0 Å². The molecule has 0 bridgehead atoms. The van der Waals surface area contributed by atoms with Gasteiger partial charge in [-0.3, -0.25) is 4.68 Å². The third kappa shape index (κ3) is 0.854. The van der Waals surface area contributed by atoms with Crippen molar-refractivity contribution in [3.05, 3.63) is 11.3 Å². The van der Waals surface area contributed by atoms with Crippen molar-refractivity contribution in [2.45, 2.75) is 32.1 Å². The Hall–Kier alpha value is -0.990. The second kappa shape index (κ2) is 2.03. The summed E-state index contributed by atoms with van der Waals surface area (Å²) in [4.78, 5) is 0. The van der Waals surface area contributed by atoms with Gasteiger partial charge in [-0.15, -0.1) is 0 Å². The third-order valence-electron chi connectivity index (χ3n) is 2.91. The molecule has 1 fully saturated rings. The molecule has 1 heterocycles. The van der Waals surface area contributed by atoms with Crippen LogP contribution in [0.15, 0.2) is 0 Å². The summed E-state index contributed by atoms with van der Waals surface area (Å²) in [5.74, 6) is 0.804. The molecule has 1 aliphatic rings. The van der Waals surface area contributed by atoms with E-state index in [-0.39, 0.29) is 0 Å². The van der Waals surface area contributed by atoms with E-state index in [0.29, 0.717) is 5.41 Å². The van der Waals surface area contributed by atoms with Gasteiger partial charge in [-0.1, -0.05) is 6.92 Å². The van der Waals surface area contributed by atoms with Crippen LogP contribution in [0.4, 0.5) is 5.82 Å². The number of nitrogen functional groups attached to an aromatic ring is 1. The van der Waals surface area contributed by atoms with Crippen molar-refractivity contribution in [1.29, 1.82) is 0 Å². The molecule has 1 aromatic rings. The Morgan fingerprint density at radius 1 is 1.50 bits per heavy atom. The molecule has 0 radical (unpaired) electrons. The summed E-state index contributed by atoms with van der Waals surface area (Å²) in [6, 6.07) is 0. The van der Waals surface area contributed by atoms with Crippen LogP contribution in [-0.4, -0.2) is 9.78 Å². The number of aromatic nitrogens is 2. The van der Waals surface area contributed by atoms with E-state index in [1.54, 1.807) is 4.68 Å². The van der Waals surface area contributed by atoms with Gasteiger partial charge in [-0.05, 0) is 19.8 Å². The van der Waals surface area contributed by atoms with Crippen molar-refractivity contribution in [2.75, 3.05) is 5.73 Å². The Balaban J connectivity index is 2.51. The molecule has 12 heavy (non-hydrogen) atoms. The minimum Gasteiger partial charge on any atom is -0.384 e. The second-order valence-electron chi connectivity index (χ2n) is 4.04. The Morgan fingerprint density at radius 3 is 2.42 bits per heavy atom. The average molecular weight is 165 g/mol. The van der Waals surface area contributed by atoms with Crippen LogP contribution in [0, 0.1) is 6.92 Å². The topological polar surface area (TPSA) is 43.8 Å². The van der Waals surface area contributed by atoms with Gasteiger partial charge in [0.05, 0.1) is 5.69 Å². The molecule has 66 valence electrons. The van der Waals surface area contributed by atoms with E-state index in [0.717, 1.165) is 11.4 Å². The van der Waals surface area contributed by atoms with Crippen LogP contribution in [0.25, 0.3) is 0 Å². The minimum absolute atomic E-state index is 0.333. The standard InChI is InChI=1S/C9H15N3/c1-6-7(9(2)4-5-9)11-12(3)8(6)10/h4-5,10H2,1-3H3. The van der Waals surface area contributed by atoms with Crippen LogP contribution in [0.5, 0.6) is 0 Å². The van der Waals surface area contributed by atoms with E-state index < -0.39 is 0 Å². The quantitative estimate of drug-likeness (QED) is 0.683. The van der Waals surface area contributed by atoms with Crippen molar-refractivity contribution in [3.63, 3.8) is 0 Å². The zero-order chi connectivity index (χ0) is 8.93. The largest absolute Gasteiger partial charge is 0.384 e. The Kier molecular flexibility index (Phi) is 1.29. The van der Waals surface area contributed by atoms with Crippen LogP contribution in [0.2, 0.25) is 0 Å². The van der Waals surface area contributed by atoms with Gasteiger partial charge < -0.3 is 5.73 Å². The van der Waals surface area contributed by atoms with Gasteiger partial charge >= 0.3 is 0 Å². The Bertz CT molecular complexity index is 321. The van der Waals surface area contributed by atoms with Gasteiger partial charge in [0.1, 0.15) is 5.82 Å². The number of aryl methyl sites for hydroxylation is 1. The normalized spacial score (nSPS) is 19.6. The molecule has 0 saturated heterocycles. The van der Waals surface area contributed by atoms with Crippen molar-refractivity contribution >= 4 is 5.82 Å². The number of hydrogen-bond acceptors (Lipinski definition) is 2. The lowest BCUT2D eigenvalue weighted by atomic mass is 10.0. The maximum absolute atomic E-state index is 5.83. The first kappa shape index (κ1) is 7.65. The summed E-state index contributed by atoms with van der Waals surface area (Å²) in [6.45, 7) is 4.31. The molecule has 1 aliphatic carbocycles. The summed E-state index contributed by atoms with van der Waals surface area (Å²) in [7, 11) is 1.90. The van der Waals surface area contributed by atoms with Crippen molar-refractivity contribution in [2.24, 2.45) is 7.05 Å². The fraction of sp³-hybridized carbons (Fsp3) is 0.667. The average Bonchev–Trinajstić information content (AvgIpc) is 2.71. The van der Waals surface area contributed by atoms with Crippen LogP contribution < -0.4 is 5.73 Å². The van der Waals surface area contributed by atoms with Gasteiger partial charge in [0.25, 0.3) is 0 Å². The fourth-order valence-corrected chi connectivity index (χ4v) is 1.64. The van der Waals surface area contributed by atoms with E-state index in [2.05, 4.69) is 18.9 Å². The lowest BCUT2D eigenvalue weighted by Crippen LogP contribution is -2.03. The summed E-state index contributed by atoms with van der Waals surface area (Å²) in [5, 5.41) is 4.44. The van der Waals surface area contributed by atoms with Crippen molar-refractivity contribution in [1.82, 2.24) is 9.78 Å². The minimum atomic E-state index is 0.333. The highest BCUT2D eigenvalue weighted by molar-refractivity contribution is 5.46. The molecule has 0 spiro atoms. The monoisotopic (exact) mass is 165 g/mol. The van der Waals surface area contributed by atoms with Gasteiger partial charge in [0.2, 0.25) is 0 Å². The van der Waals surface area contributed by atoms with Crippen LogP contribution in [-0.2, 0) is 12.5 Å². The van der Waals surface area contributed by atoms with E-state index in [4.69, 9.17) is 5.73 Å². The molecule has 2 N–H and O–H groups in total. The number of nitrogens with zero attached hydrogens (tertiary/aromatic N) is 2. The predicted octanol–water partition coefficient (Wildman–Crippen LogP) is 1.36. The number of rotatable bonds is 1. The number of nitrogens with two attached hydrogens (primary N) is 1. The predicted molar refractivity (Wildman–Crippen MR) is 48.9 cm³/mol. The molecule has 0 aliphatic heterocycles. The highest BCUT2D eigenvalue weighted by Gasteiger charge is 2.42. The molecule has 0 unspecified atom stereocenters. The maximum Gasteiger partial charge on any atom is 0.124 e. The lowest BCUT2D eigenvalue weighted by Gasteiger charge is -2.03. The first-order valence-corrected chi connectivity index (χ1v) is 4.34. The highest BCUT2D eigenvalue weighted by Crippen LogP contribution is 2.48. The molecule has 0 atom stereocenters. The van der Waals surface area contributed by atoms with E-state index in [1.807, 2.05) is 7.05 Å². The molecule has 2 rings (SSSR count). The van der Waals surface area contributed by atoms with Crippen molar-refractivity contribution < 1.29 is 0 Å². The zero-order valence-electron chi connectivity index (χ0n) is 7.89. The van der Waals surface area contributed by atoms with Gasteiger partial charge in [0, 0.05) is 18.0 Å². The van der Waals surface area contributed by atoms with E-state index in [9.17, 15) is 0 Å². The highest BCUT2D eigenvalue weighted by atomic mass is 15.3. The summed E-state index contributed by atoms with van der Waals surface area (Å²) in [6.07, 6.45) is 2.51. The SMILES string of the molecule is Cc1c(C2(C)CC2)nn(C)c1N. The second-order valence-corrected chi connectivity index (χ2v) is 4.04. The van der Waals surface area contributed by atoms with Crippen LogP contribution in [0.1, 0.15) is 31.0 Å². The maximum atomic E-state index is 5.83. The molecule has 0 aromatic carbocycles. The fourth-order valence-electron chi connectivity index (χ4n) is 1.64. The first-order valence-electron chi connectivity index (χ1n) is 4.34. The molecular weight excluding hydrogens is 150 g/mol. The lowest BCUT2D eigenvalue weighted by molar-refractivity contribution is 0.684. The molecule has 1 saturated carbocycles. The number of hydrogen-bond donors (Lipinski definition) is 1. The molecule has 1 aromatic heterocycles. The molecule has 3 heteroatoms. The molecule has 0 amide bonds. The Labute approximate surface area is 72.6 Å². The van der Waals surface area contributed by atoms with E-state index in [1.165, 1.54) is 18.5 Å². The summed E-state index contributed by atoms with van der Waals surface area (Å²) in [5.41, 5.74) is 8.52. The number of anilines is 1. The summed E-state index contributed by atoms with van der Waals surface area (Å²) >= 11 is 0. The first-order chi connectivity index (χ1) is 5.54. The van der Waals surface area contributed by atoms with Crippen LogP contribution >= 0.6 is 0 Å². The van der Waals surface area contributed by atoms with Gasteiger partial charge in [-0.2, -0.15) is 5.10 Å². The zero-order valence-corrected chi connectivity index (χ0v) is 7.89. The van der Waals surface area contributed by atoms with Crippen molar-refractivity contribution in [3.8, 4) is 0 Å². The Morgan fingerprint density at radius 2 is 2.08 bits per heavy atom. The molecular formula is C9H15N3. The summed E-state index contributed by atoms with van der Waals surface area (Å²) < 4.78 is 1.77. The van der Waals surface area contributed by atoms with Crippen LogP contribution in [0.3, 0.4) is 0 Å². The molecule has 3 nitrogen and oxygen atoms in total. The van der Waals surface area contributed by atoms with Gasteiger partial charge in [-0.25, -0.2) is 0 Å². The smallest absolute Gasteiger partial charge is 0.124 e.